The van der Waals surface area contributed by atoms with Crippen LogP contribution in [0, 0.1) is 13.8 Å². The molecule has 0 aliphatic carbocycles. The molecule has 1 aliphatic heterocycles. The Kier molecular flexibility index (Phi) is 4.68. The Morgan fingerprint density at radius 3 is 2.30 bits per heavy atom. The van der Waals surface area contributed by atoms with Crippen LogP contribution in [0.2, 0.25) is 0 Å². The minimum absolute atomic E-state index is 0.264. The summed E-state index contributed by atoms with van der Waals surface area (Å²) in [5.41, 5.74) is 2.79. The van der Waals surface area contributed by atoms with Gasteiger partial charge >= 0.3 is 6.03 Å². The van der Waals surface area contributed by atoms with Crippen LogP contribution in [-0.4, -0.2) is 34.2 Å². The van der Waals surface area contributed by atoms with Gasteiger partial charge in [-0.25, -0.2) is 4.79 Å². The van der Waals surface area contributed by atoms with Crippen molar-refractivity contribution in [1.82, 2.24) is 15.2 Å². The van der Waals surface area contributed by atoms with E-state index in [1.54, 1.807) is 19.9 Å². The van der Waals surface area contributed by atoms with Gasteiger partial charge < -0.3 is 10.3 Å². The molecule has 142 valence electrons. The number of hydrogen-bond acceptors (Lipinski definition) is 3. The number of imide groups is 1. The third kappa shape index (κ3) is 3.27. The third-order valence-corrected chi connectivity index (χ3v) is 5.18. The lowest BCUT2D eigenvalue weighted by molar-refractivity contribution is -0.130. The number of H-pyrrole nitrogens is 1. The number of urea groups is 1. The molecule has 2 aromatic rings. The molecule has 1 fully saturated rings. The minimum atomic E-state index is -1.17. The smallest absolute Gasteiger partial charge is 0.325 e. The van der Waals surface area contributed by atoms with Crippen LogP contribution in [-0.2, 0) is 10.3 Å². The van der Waals surface area contributed by atoms with E-state index in [1.165, 1.54) is 0 Å². The van der Waals surface area contributed by atoms with Crippen LogP contribution in [0.3, 0.4) is 0 Å². The summed E-state index contributed by atoms with van der Waals surface area (Å²) >= 11 is 0. The zero-order valence-electron chi connectivity index (χ0n) is 16.3. The number of benzene rings is 1. The standard InChI is InChI=1S/C21H25N3O3/c1-12(2)15-6-8-16(9-7-15)21(5)19(26)24(20(27)23-21)11-18(25)17-10-13(3)22-14(17)4/h6-10,12,22H,11H2,1-5H3,(H,23,27)/t21-/m0/s1. The van der Waals surface area contributed by atoms with Gasteiger partial charge in [0.2, 0.25) is 0 Å². The second kappa shape index (κ2) is 6.68. The van der Waals surface area contributed by atoms with Gasteiger partial charge in [0.1, 0.15) is 5.54 Å². The van der Waals surface area contributed by atoms with Crippen molar-refractivity contribution in [3.63, 3.8) is 0 Å². The van der Waals surface area contributed by atoms with Crippen LogP contribution in [0.25, 0.3) is 0 Å². The van der Waals surface area contributed by atoms with E-state index in [0.717, 1.165) is 21.9 Å². The number of nitrogens with one attached hydrogen (secondary N) is 2. The highest BCUT2D eigenvalue weighted by Crippen LogP contribution is 2.30. The molecule has 1 aromatic carbocycles. The van der Waals surface area contributed by atoms with Crippen molar-refractivity contribution >= 4 is 17.7 Å². The molecule has 1 aromatic heterocycles. The normalized spacial score (nSPS) is 19.7. The fourth-order valence-electron chi connectivity index (χ4n) is 3.48. The van der Waals surface area contributed by atoms with Gasteiger partial charge in [-0.3, -0.25) is 14.5 Å². The van der Waals surface area contributed by atoms with E-state index >= 15 is 0 Å². The van der Waals surface area contributed by atoms with E-state index < -0.39 is 17.5 Å². The first-order valence-electron chi connectivity index (χ1n) is 9.07. The first-order chi connectivity index (χ1) is 12.6. The highest BCUT2D eigenvalue weighted by atomic mass is 16.2. The van der Waals surface area contributed by atoms with E-state index in [2.05, 4.69) is 24.1 Å². The second-order valence-electron chi connectivity index (χ2n) is 7.64. The Hall–Kier alpha value is -2.89. The maximum absolute atomic E-state index is 13.0. The highest BCUT2D eigenvalue weighted by Gasteiger charge is 2.49. The number of aryl methyl sites for hydroxylation is 2. The molecule has 1 saturated heterocycles. The third-order valence-electron chi connectivity index (χ3n) is 5.18. The van der Waals surface area contributed by atoms with Gasteiger partial charge in [0.05, 0.1) is 6.54 Å². The Morgan fingerprint density at radius 1 is 1.15 bits per heavy atom. The quantitative estimate of drug-likeness (QED) is 0.628. The van der Waals surface area contributed by atoms with Gasteiger partial charge in [-0.05, 0) is 43.9 Å². The molecule has 2 N–H and O–H groups in total. The average Bonchev–Trinajstić information content (AvgIpc) is 3.06. The Morgan fingerprint density at radius 2 is 1.78 bits per heavy atom. The van der Waals surface area contributed by atoms with Crippen LogP contribution in [0.1, 0.15) is 59.6 Å². The number of carbonyl (C=O) groups excluding carboxylic acids is 3. The number of aromatic amines is 1. The number of amides is 3. The fourth-order valence-corrected chi connectivity index (χ4v) is 3.48. The Bertz CT molecular complexity index is 911. The van der Waals surface area contributed by atoms with Crippen molar-refractivity contribution in [3.05, 3.63) is 58.4 Å². The lowest BCUT2D eigenvalue weighted by Gasteiger charge is -2.22. The summed E-state index contributed by atoms with van der Waals surface area (Å²) in [5, 5.41) is 2.75. The van der Waals surface area contributed by atoms with E-state index in [9.17, 15) is 14.4 Å². The van der Waals surface area contributed by atoms with Gasteiger partial charge in [0, 0.05) is 17.0 Å². The molecular formula is C21H25N3O3. The van der Waals surface area contributed by atoms with E-state index in [-0.39, 0.29) is 12.3 Å². The molecule has 2 heterocycles. The number of Topliss-reactive ketones (excluding diaryl/α,β-unsaturated/α-hetero) is 1. The van der Waals surface area contributed by atoms with Gasteiger partial charge in [0.15, 0.2) is 5.78 Å². The molecule has 1 atom stereocenters. The van der Waals surface area contributed by atoms with E-state index in [1.807, 2.05) is 31.2 Å². The zero-order chi connectivity index (χ0) is 19.9. The van der Waals surface area contributed by atoms with Crippen molar-refractivity contribution in [2.45, 2.75) is 46.1 Å². The summed E-state index contributed by atoms with van der Waals surface area (Å²) in [5.74, 6) is -0.300. The molecule has 0 spiro atoms. The summed E-state index contributed by atoms with van der Waals surface area (Å²) in [6.45, 7) is 9.24. The van der Waals surface area contributed by atoms with Gasteiger partial charge in [-0.15, -0.1) is 0 Å². The van der Waals surface area contributed by atoms with E-state index in [4.69, 9.17) is 0 Å². The lowest BCUT2D eigenvalue weighted by Crippen LogP contribution is -2.41. The van der Waals surface area contributed by atoms with Crippen molar-refractivity contribution in [2.75, 3.05) is 6.54 Å². The summed E-state index contributed by atoms with van der Waals surface area (Å²) in [6, 6.07) is 8.83. The number of hydrogen-bond donors (Lipinski definition) is 2. The molecular weight excluding hydrogens is 342 g/mol. The summed E-state index contributed by atoms with van der Waals surface area (Å²) in [6.07, 6.45) is 0. The van der Waals surface area contributed by atoms with Crippen LogP contribution in [0.5, 0.6) is 0 Å². The van der Waals surface area contributed by atoms with Gasteiger partial charge in [0.25, 0.3) is 5.91 Å². The van der Waals surface area contributed by atoms with Crippen LogP contribution < -0.4 is 5.32 Å². The molecule has 6 nitrogen and oxygen atoms in total. The zero-order valence-corrected chi connectivity index (χ0v) is 16.3. The molecule has 6 heteroatoms. The number of aromatic nitrogens is 1. The molecule has 0 bridgehead atoms. The van der Waals surface area contributed by atoms with Crippen molar-refractivity contribution in [3.8, 4) is 0 Å². The molecule has 27 heavy (non-hydrogen) atoms. The maximum Gasteiger partial charge on any atom is 0.325 e. The predicted molar refractivity (Wildman–Crippen MR) is 103 cm³/mol. The van der Waals surface area contributed by atoms with Crippen molar-refractivity contribution in [2.24, 2.45) is 0 Å². The summed E-state index contributed by atoms with van der Waals surface area (Å²) in [4.78, 5) is 42.1. The SMILES string of the molecule is Cc1cc(C(=O)CN2C(=O)N[C@@](C)(c3ccc(C(C)C)cc3)C2=O)c(C)[nH]1. The molecule has 3 rings (SSSR count). The minimum Gasteiger partial charge on any atom is -0.362 e. The van der Waals surface area contributed by atoms with Gasteiger partial charge in [-0.2, -0.15) is 0 Å². The number of carbonyl (C=O) groups is 3. The first-order valence-corrected chi connectivity index (χ1v) is 9.07. The van der Waals surface area contributed by atoms with Crippen LogP contribution in [0.4, 0.5) is 4.79 Å². The molecule has 0 radical (unpaired) electrons. The van der Waals surface area contributed by atoms with Crippen LogP contribution >= 0.6 is 0 Å². The van der Waals surface area contributed by atoms with Crippen molar-refractivity contribution < 1.29 is 14.4 Å². The monoisotopic (exact) mass is 367 g/mol. The lowest BCUT2D eigenvalue weighted by atomic mass is 9.90. The highest BCUT2D eigenvalue weighted by molar-refractivity contribution is 6.11. The molecule has 1 aliphatic rings. The Balaban J connectivity index is 1.83. The summed E-state index contributed by atoms with van der Waals surface area (Å²) in [7, 11) is 0. The van der Waals surface area contributed by atoms with Gasteiger partial charge in [-0.1, -0.05) is 38.1 Å². The number of ketones is 1. The van der Waals surface area contributed by atoms with Crippen molar-refractivity contribution in [1.29, 1.82) is 0 Å². The second-order valence-corrected chi connectivity index (χ2v) is 7.64. The predicted octanol–water partition coefficient (Wildman–Crippen LogP) is 3.40. The molecule has 0 saturated carbocycles. The topological polar surface area (TPSA) is 82.3 Å². The fraction of sp³-hybridized carbons (Fsp3) is 0.381. The molecule has 0 unspecified atom stereocenters. The molecule has 3 amide bonds. The Labute approximate surface area is 159 Å². The number of nitrogens with zero attached hydrogens (tertiary/aromatic N) is 1. The first kappa shape index (κ1) is 18.9. The summed E-state index contributed by atoms with van der Waals surface area (Å²) < 4.78 is 0. The maximum atomic E-state index is 13.0. The van der Waals surface area contributed by atoms with Crippen LogP contribution in [0.15, 0.2) is 30.3 Å². The van der Waals surface area contributed by atoms with E-state index in [0.29, 0.717) is 17.0 Å². The average molecular weight is 367 g/mol. The largest absolute Gasteiger partial charge is 0.362 e. The number of rotatable bonds is 5.